The zero-order valence-corrected chi connectivity index (χ0v) is 15.2. The van der Waals surface area contributed by atoms with Gasteiger partial charge in [-0.05, 0) is 35.9 Å². The van der Waals surface area contributed by atoms with Crippen molar-refractivity contribution in [1.29, 1.82) is 0 Å². The van der Waals surface area contributed by atoms with E-state index in [1.165, 1.54) is 6.07 Å². The fourth-order valence-corrected chi connectivity index (χ4v) is 3.41. The molecular formula is C20H15ClFN3O2. The van der Waals surface area contributed by atoms with Gasteiger partial charge in [0.1, 0.15) is 11.6 Å². The highest BCUT2D eigenvalue weighted by atomic mass is 35.5. The Labute approximate surface area is 160 Å². The first-order valence-corrected chi connectivity index (χ1v) is 8.69. The largest absolute Gasteiger partial charge is 0.495 e. The minimum absolute atomic E-state index is 0.188. The normalized spacial score (nSPS) is 12.6. The number of carbonyl (C=O) groups excluding carboxylic acids is 1. The molecule has 0 aliphatic carbocycles. The van der Waals surface area contributed by atoms with Gasteiger partial charge in [-0.25, -0.2) is 9.37 Å². The topological polar surface area (TPSA) is 64.1 Å². The minimum atomic E-state index is -0.458. The number of benzene rings is 1. The van der Waals surface area contributed by atoms with E-state index in [2.05, 4.69) is 15.3 Å². The highest BCUT2D eigenvalue weighted by molar-refractivity contribution is 6.33. The Kier molecular flexibility index (Phi) is 4.49. The Morgan fingerprint density at radius 3 is 2.81 bits per heavy atom. The number of rotatable bonds is 4. The van der Waals surface area contributed by atoms with Gasteiger partial charge in [-0.1, -0.05) is 17.7 Å². The van der Waals surface area contributed by atoms with Crippen LogP contribution in [0.4, 0.5) is 4.39 Å². The first-order chi connectivity index (χ1) is 13.1. The lowest BCUT2D eigenvalue weighted by Gasteiger charge is -2.11. The molecule has 4 rings (SSSR count). The maximum atomic E-state index is 14.4. The van der Waals surface area contributed by atoms with Gasteiger partial charge in [0.15, 0.2) is 0 Å². The van der Waals surface area contributed by atoms with E-state index >= 15 is 0 Å². The van der Waals surface area contributed by atoms with Crippen LogP contribution in [0, 0.1) is 5.82 Å². The first-order valence-electron chi connectivity index (χ1n) is 8.31. The van der Waals surface area contributed by atoms with Crippen molar-refractivity contribution in [3.8, 4) is 17.0 Å². The Morgan fingerprint density at radius 1 is 1.26 bits per heavy atom. The van der Waals surface area contributed by atoms with Crippen molar-refractivity contribution in [2.75, 3.05) is 7.11 Å². The number of carbonyl (C=O) groups is 1. The van der Waals surface area contributed by atoms with Crippen LogP contribution in [0.3, 0.4) is 0 Å². The molecule has 7 heteroatoms. The number of aromatic nitrogens is 2. The smallest absolute Gasteiger partial charge is 0.253 e. The highest BCUT2D eigenvalue weighted by Gasteiger charge is 2.26. The fourth-order valence-electron chi connectivity index (χ4n) is 3.15. The molecule has 1 amide bonds. The lowest BCUT2D eigenvalue weighted by atomic mass is 9.99. The average Bonchev–Trinajstić information content (AvgIpc) is 3.03. The Morgan fingerprint density at radius 2 is 2.11 bits per heavy atom. The quantitative estimate of drug-likeness (QED) is 0.744. The monoisotopic (exact) mass is 383 g/mol. The molecule has 1 aliphatic rings. The molecule has 0 spiro atoms. The summed E-state index contributed by atoms with van der Waals surface area (Å²) in [6.45, 7) is 0.303. The van der Waals surface area contributed by atoms with E-state index in [-0.39, 0.29) is 16.5 Å². The number of pyridine rings is 2. The van der Waals surface area contributed by atoms with Crippen molar-refractivity contribution in [2.24, 2.45) is 0 Å². The standard InChI is InChI=1S/C20H15ClFN3O2/c1-27-13-6-5-12(23-9-13)7-11-8-16(19-14(21)3-2-4-15(19)22)25-17-10-24-20(26)18(11)17/h2-6,8-9H,7,10H2,1H3,(H,24,26). The van der Waals surface area contributed by atoms with Gasteiger partial charge in [0, 0.05) is 12.1 Å². The second-order valence-electron chi connectivity index (χ2n) is 6.13. The minimum Gasteiger partial charge on any atom is -0.495 e. The van der Waals surface area contributed by atoms with Crippen LogP contribution in [0.5, 0.6) is 5.75 Å². The molecule has 3 heterocycles. The number of nitrogens with zero attached hydrogens (tertiary/aromatic N) is 2. The van der Waals surface area contributed by atoms with Crippen LogP contribution in [0.15, 0.2) is 42.6 Å². The molecule has 0 fully saturated rings. The number of hydrogen-bond donors (Lipinski definition) is 1. The number of nitrogens with one attached hydrogen (secondary N) is 1. The van der Waals surface area contributed by atoms with Crippen LogP contribution in [0.25, 0.3) is 11.3 Å². The Balaban J connectivity index is 1.82. The summed E-state index contributed by atoms with van der Waals surface area (Å²) in [5.41, 5.74) is 3.21. The summed E-state index contributed by atoms with van der Waals surface area (Å²) in [5, 5.41) is 3.04. The summed E-state index contributed by atoms with van der Waals surface area (Å²) in [6, 6.07) is 9.83. The molecular weight excluding hydrogens is 369 g/mol. The van der Waals surface area contributed by atoms with E-state index in [4.69, 9.17) is 16.3 Å². The van der Waals surface area contributed by atoms with Crippen molar-refractivity contribution < 1.29 is 13.9 Å². The zero-order chi connectivity index (χ0) is 19.0. The number of halogens is 2. The molecule has 1 N–H and O–H groups in total. The van der Waals surface area contributed by atoms with Gasteiger partial charge in [-0.2, -0.15) is 0 Å². The summed E-state index contributed by atoms with van der Waals surface area (Å²) >= 11 is 6.20. The van der Waals surface area contributed by atoms with Gasteiger partial charge in [0.2, 0.25) is 0 Å². The molecule has 3 aromatic rings. The molecule has 2 aromatic heterocycles. The predicted octanol–water partition coefficient (Wildman–Crippen LogP) is 3.78. The van der Waals surface area contributed by atoms with E-state index in [1.54, 1.807) is 37.6 Å². The summed E-state index contributed by atoms with van der Waals surface area (Å²) in [7, 11) is 1.57. The van der Waals surface area contributed by atoms with E-state index < -0.39 is 5.82 Å². The summed E-state index contributed by atoms with van der Waals surface area (Å²) < 4.78 is 19.5. The number of methoxy groups -OCH3 is 1. The number of fused-ring (bicyclic) bond motifs is 1. The van der Waals surface area contributed by atoms with Crippen LogP contribution >= 0.6 is 11.6 Å². The van der Waals surface area contributed by atoms with Gasteiger partial charge in [0.05, 0.1) is 47.4 Å². The van der Waals surface area contributed by atoms with Crippen LogP contribution in [-0.4, -0.2) is 23.0 Å². The average molecular weight is 384 g/mol. The van der Waals surface area contributed by atoms with Crippen LogP contribution in [0.1, 0.15) is 27.3 Å². The number of ether oxygens (including phenoxy) is 1. The Hall–Kier alpha value is -2.99. The summed E-state index contributed by atoms with van der Waals surface area (Å²) in [5.74, 6) is 0.00299. The van der Waals surface area contributed by atoms with E-state index in [1.807, 2.05) is 6.07 Å². The third-order valence-electron chi connectivity index (χ3n) is 4.44. The summed E-state index contributed by atoms with van der Waals surface area (Å²) in [6.07, 6.45) is 2.02. The predicted molar refractivity (Wildman–Crippen MR) is 99.4 cm³/mol. The van der Waals surface area contributed by atoms with E-state index in [9.17, 15) is 9.18 Å². The second kappa shape index (κ2) is 6.96. The van der Waals surface area contributed by atoms with Gasteiger partial charge in [0.25, 0.3) is 5.91 Å². The lowest BCUT2D eigenvalue weighted by Crippen LogP contribution is -2.14. The fraction of sp³-hybridized carbons (Fsp3) is 0.150. The van der Waals surface area contributed by atoms with Crippen LogP contribution in [0.2, 0.25) is 5.02 Å². The molecule has 0 radical (unpaired) electrons. The maximum Gasteiger partial charge on any atom is 0.253 e. The molecule has 0 saturated carbocycles. The SMILES string of the molecule is COc1ccc(Cc2cc(-c3c(F)cccc3Cl)nc3c2C(=O)NC3)nc1. The molecule has 1 aliphatic heterocycles. The molecule has 1 aromatic carbocycles. The summed E-state index contributed by atoms with van der Waals surface area (Å²) in [4.78, 5) is 21.1. The van der Waals surface area contributed by atoms with Crippen LogP contribution in [-0.2, 0) is 13.0 Å². The second-order valence-corrected chi connectivity index (χ2v) is 6.54. The van der Waals surface area contributed by atoms with Gasteiger partial charge < -0.3 is 10.1 Å². The molecule has 136 valence electrons. The van der Waals surface area contributed by atoms with E-state index in [0.717, 1.165) is 11.3 Å². The van der Waals surface area contributed by atoms with Gasteiger partial charge in [-0.15, -0.1) is 0 Å². The molecule has 27 heavy (non-hydrogen) atoms. The van der Waals surface area contributed by atoms with Crippen LogP contribution < -0.4 is 10.1 Å². The van der Waals surface area contributed by atoms with Crippen molar-refractivity contribution in [1.82, 2.24) is 15.3 Å². The maximum absolute atomic E-state index is 14.4. The molecule has 5 nitrogen and oxygen atoms in total. The van der Waals surface area contributed by atoms with E-state index in [0.29, 0.717) is 35.7 Å². The molecule has 0 bridgehead atoms. The Bertz CT molecular complexity index is 1020. The van der Waals surface area contributed by atoms with Crippen molar-refractivity contribution in [2.45, 2.75) is 13.0 Å². The molecule has 0 unspecified atom stereocenters. The highest BCUT2D eigenvalue weighted by Crippen LogP contribution is 2.33. The number of hydrogen-bond acceptors (Lipinski definition) is 4. The van der Waals surface area contributed by atoms with Crippen molar-refractivity contribution >= 4 is 17.5 Å². The van der Waals surface area contributed by atoms with Gasteiger partial charge in [-0.3, -0.25) is 9.78 Å². The third-order valence-corrected chi connectivity index (χ3v) is 4.76. The number of amides is 1. The third kappa shape index (κ3) is 3.24. The first kappa shape index (κ1) is 17.4. The van der Waals surface area contributed by atoms with Gasteiger partial charge >= 0.3 is 0 Å². The molecule has 0 saturated heterocycles. The lowest BCUT2D eigenvalue weighted by molar-refractivity contribution is 0.0965. The molecule has 0 atom stereocenters. The van der Waals surface area contributed by atoms with Crippen molar-refractivity contribution in [3.63, 3.8) is 0 Å². The zero-order valence-electron chi connectivity index (χ0n) is 14.4. The van der Waals surface area contributed by atoms with Crippen molar-refractivity contribution in [3.05, 3.63) is 75.9 Å².